The summed E-state index contributed by atoms with van der Waals surface area (Å²) in [5.74, 6) is 0. The molecule has 3 N–H and O–H groups in total. The predicted octanol–water partition coefficient (Wildman–Crippen LogP) is 3.34. The highest BCUT2D eigenvalue weighted by atomic mass is 14.9. The third-order valence-corrected chi connectivity index (χ3v) is 4.00. The Hall–Kier alpha value is -1.12. The van der Waals surface area contributed by atoms with Crippen molar-refractivity contribution in [2.24, 2.45) is 5.73 Å². The second kappa shape index (κ2) is 7.46. The molecule has 19 heavy (non-hydrogen) atoms. The molecule has 0 fully saturated rings. The molecule has 1 atom stereocenters. The van der Waals surface area contributed by atoms with Gasteiger partial charge in [-0.1, -0.05) is 42.8 Å². The highest BCUT2D eigenvalue weighted by Crippen LogP contribution is 2.20. The standard InChI is InChI=1S/C17H26N2/c1-2-14-7-9-16(10-8-14)17(13-18)19-12-11-15-5-3-4-6-15/h5,7-10,17,19H,2-4,6,11-13,18H2,1H3. The summed E-state index contributed by atoms with van der Waals surface area (Å²) in [6.07, 6.45) is 8.57. The van der Waals surface area contributed by atoms with Gasteiger partial charge in [-0.3, -0.25) is 0 Å². The van der Waals surface area contributed by atoms with E-state index in [1.165, 1.54) is 36.8 Å². The van der Waals surface area contributed by atoms with Gasteiger partial charge in [-0.25, -0.2) is 0 Å². The van der Waals surface area contributed by atoms with Crippen molar-refractivity contribution in [2.75, 3.05) is 13.1 Å². The number of rotatable bonds is 7. The molecule has 0 spiro atoms. The lowest BCUT2D eigenvalue weighted by Crippen LogP contribution is -2.29. The van der Waals surface area contributed by atoms with Crippen LogP contribution in [0.15, 0.2) is 35.9 Å². The Kier molecular flexibility index (Phi) is 5.62. The number of nitrogens with two attached hydrogens (primary N) is 1. The van der Waals surface area contributed by atoms with Crippen molar-refractivity contribution in [1.82, 2.24) is 5.32 Å². The van der Waals surface area contributed by atoms with Crippen LogP contribution in [-0.2, 0) is 6.42 Å². The normalized spacial score (nSPS) is 16.4. The number of hydrogen-bond acceptors (Lipinski definition) is 2. The minimum Gasteiger partial charge on any atom is -0.329 e. The van der Waals surface area contributed by atoms with E-state index in [1.807, 2.05) is 0 Å². The first-order chi connectivity index (χ1) is 9.33. The van der Waals surface area contributed by atoms with Crippen LogP contribution in [0.25, 0.3) is 0 Å². The van der Waals surface area contributed by atoms with E-state index in [0.717, 1.165) is 13.0 Å². The highest BCUT2D eigenvalue weighted by molar-refractivity contribution is 5.25. The molecule has 0 aliphatic heterocycles. The van der Waals surface area contributed by atoms with E-state index in [4.69, 9.17) is 5.73 Å². The summed E-state index contributed by atoms with van der Waals surface area (Å²) in [4.78, 5) is 0. The van der Waals surface area contributed by atoms with E-state index in [-0.39, 0.29) is 6.04 Å². The Labute approximate surface area is 117 Å². The summed E-state index contributed by atoms with van der Waals surface area (Å²) < 4.78 is 0. The zero-order chi connectivity index (χ0) is 13.5. The van der Waals surface area contributed by atoms with Crippen LogP contribution in [-0.4, -0.2) is 13.1 Å². The van der Waals surface area contributed by atoms with Crippen molar-refractivity contribution in [2.45, 2.75) is 45.1 Å². The van der Waals surface area contributed by atoms with Gasteiger partial charge >= 0.3 is 0 Å². The third-order valence-electron chi connectivity index (χ3n) is 4.00. The SMILES string of the molecule is CCc1ccc(C(CN)NCCC2=CCCC2)cc1. The molecule has 1 aromatic carbocycles. The monoisotopic (exact) mass is 258 g/mol. The Morgan fingerprint density at radius 1 is 1.26 bits per heavy atom. The van der Waals surface area contributed by atoms with Crippen LogP contribution in [0.4, 0.5) is 0 Å². The third kappa shape index (κ3) is 4.19. The molecule has 1 aliphatic rings. The lowest BCUT2D eigenvalue weighted by atomic mass is 10.0. The fraction of sp³-hybridized carbons (Fsp3) is 0.529. The zero-order valence-electron chi connectivity index (χ0n) is 12.0. The number of nitrogens with one attached hydrogen (secondary N) is 1. The predicted molar refractivity (Wildman–Crippen MR) is 82.2 cm³/mol. The van der Waals surface area contributed by atoms with Crippen LogP contribution >= 0.6 is 0 Å². The van der Waals surface area contributed by atoms with Gasteiger partial charge in [-0.15, -0.1) is 0 Å². The molecule has 2 nitrogen and oxygen atoms in total. The van der Waals surface area contributed by atoms with Gasteiger partial charge in [0.2, 0.25) is 0 Å². The second-order valence-corrected chi connectivity index (χ2v) is 5.34. The van der Waals surface area contributed by atoms with Gasteiger partial charge in [0.05, 0.1) is 0 Å². The van der Waals surface area contributed by atoms with E-state index in [1.54, 1.807) is 5.57 Å². The van der Waals surface area contributed by atoms with E-state index in [9.17, 15) is 0 Å². The minimum absolute atomic E-state index is 0.285. The molecule has 0 saturated heterocycles. The van der Waals surface area contributed by atoms with E-state index >= 15 is 0 Å². The van der Waals surface area contributed by atoms with Crippen molar-refractivity contribution in [1.29, 1.82) is 0 Å². The van der Waals surface area contributed by atoms with Crippen LogP contribution in [0.3, 0.4) is 0 Å². The number of hydrogen-bond donors (Lipinski definition) is 2. The fourth-order valence-corrected chi connectivity index (χ4v) is 2.69. The fourth-order valence-electron chi connectivity index (χ4n) is 2.69. The van der Waals surface area contributed by atoms with Gasteiger partial charge in [-0.2, -0.15) is 0 Å². The maximum absolute atomic E-state index is 5.89. The molecule has 1 unspecified atom stereocenters. The van der Waals surface area contributed by atoms with Crippen LogP contribution in [0, 0.1) is 0 Å². The summed E-state index contributed by atoms with van der Waals surface area (Å²) in [6.45, 7) is 3.87. The molecule has 0 saturated carbocycles. The minimum atomic E-state index is 0.285. The average molecular weight is 258 g/mol. The molecular formula is C17H26N2. The quantitative estimate of drug-likeness (QED) is 0.736. The molecule has 0 amide bonds. The highest BCUT2D eigenvalue weighted by Gasteiger charge is 2.10. The van der Waals surface area contributed by atoms with Crippen molar-refractivity contribution in [3.8, 4) is 0 Å². The largest absolute Gasteiger partial charge is 0.329 e. The van der Waals surface area contributed by atoms with Crippen LogP contribution in [0.1, 0.15) is 49.8 Å². The first-order valence-electron chi connectivity index (χ1n) is 7.53. The first kappa shape index (κ1) is 14.3. The van der Waals surface area contributed by atoms with Crippen LogP contribution in [0.5, 0.6) is 0 Å². The lowest BCUT2D eigenvalue weighted by molar-refractivity contribution is 0.542. The molecule has 2 rings (SSSR count). The summed E-state index contributed by atoms with van der Waals surface area (Å²) >= 11 is 0. The first-order valence-corrected chi connectivity index (χ1v) is 7.53. The Balaban J connectivity index is 1.84. The average Bonchev–Trinajstić information content (AvgIpc) is 2.97. The van der Waals surface area contributed by atoms with Crippen molar-refractivity contribution in [3.63, 3.8) is 0 Å². The molecule has 0 radical (unpaired) electrons. The molecular weight excluding hydrogens is 232 g/mol. The molecule has 0 bridgehead atoms. The van der Waals surface area contributed by atoms with Crippen molar-refractivity contribution < 1.29 is 0 Å². The lowest BCUT2D eigenvalue weighted by Gasteiger charge is -2.18. The summed E-state index contributed by atoms with van der Waals surface area (Å²) in [5.41, 5.74) is 10.2. The molecule has 1 aromatic rings. The Morgan fingerprint density at radius 3 is 2.63 bits per heavy atom. The van der Waals surface area contributed by atoms with Gasteiger partial charge in [0.1, 0.15) is 0 Å². The summed E-state index contributed by atoms with van der Waals surface area (Å²) in [7, 11) is 0. The molecule has 0 aromatic heterocycles. The topological polar surface area (TPSA) is 38.0 Å². The van der Waals surface area contributed by atoms with Crippen LogP contribution in [0.2, 0.25) is 0 Å². The molecule has 0 heterocycles. The summed E-state index contributed by atoms with van der Waals surface area (Å²) in [6, 6.07) is 9.11. The maximum atomic E-state index is 5.89. The van der Waals surface area contributed by atoms with E-state index in [0.29, 0.717) is 6.54 Å². The Morgan fingerprint density at radius 2 is 2.05 bits per heavy atom. The van der Waals surface area contributed by atoms with E-state index in [2.05, 4.69) is 42.6 Å². The molecule has 1 aliphatic carbocycles. The summed E-state index contributed by atoms with van der Waals surface area (Å²) in [5, 5.41) is 3.58. The van der Waals surface area contributed by atoms with Gasteiger partial charge in [0.15, 0.2) is 0 Å². The number of aryl methyl sites for hydroxylation is 1. The Bertz CT molecular complexity index is 406. The van der Waals surface area contributed by atoms with Gasteiger partial charge in [-0.05, 0) is 49.8 Å². The van der Waals surface area contributed by atoms with Crippen LogP contribution < -0.4 is 11.1 Å². The van der Waals surface area contributed by atoms with Crippen molar-refractivity contribution in [3.05, 3.63) is 47.0 Å². The molecule has 104 valence electrons. The number of benzene rings is 1. The van der Waals surface area contributed by atoms with Gasteiger partial charge in [0, 0.05) is 12.6 Å². The smallest absolute Gasteiger partial charge is 0.0444 e. The van der Waals surface area contributed by atoms with Gasteiger partial charge < -0.3 is 11.1 Å². The maximum Gasteiger partial charge on any atom is 0.0444 e. The van der Waals surface area contributed by atoms with Crippen molar-refractivity contribution >= 4 is 0 Å². The molecule has 2 heteroatoms. The zero-order valence-corrected chi connectivity index (χ0v) is 12.0. The number of allylic oxidation sites excluding steroid dienone is 1. The van der Waals surface area contributed by atoms with E-state index < -0.39 is 0 Å². The second-order valence-electron chi connectivity index (χ2n) is 5.34. The van der Waals surface area contributed by atoms with Gasteiger partial charge in [0.25, 0.3) is 0 Å².